The summed E-state index contributed by atoms with van der Waals surface area (Å²) in [6.07, 6.45) is 2.09. The minimum absolute atomic E-state index is 0.157. The number of benzene rings is 2. The van der Waals surface area contributed by atoms with Crippen molar-refractivity contribution < 1.29 is 4.74 Å². The van der Waals surface area contributed by atoms with Crippen molar-refractivity contribution in [3.63, 3.8) is 0 Å². The number of allylic oxidation sites excluding steroid dienone is 1. The Morgan fingerprint density at radius 2 is 1.83 bits per heavy atom. The van der Waals surface area contributed by atoms with Crippen molar-refractivity contribution in [3.8, 4) is 0 Å². The second-order valence-corrected chi connectivity index (χ2v) is 4.80. The molecule has 0 fully saturated rings. The van der Waals surface area contributed by atoms with Gasteiger partial charge in [0.1, 0.15) is 5.76 Å². The van der Waals surface area contributed by atoms with E-state index in [4.69, 9.17) is 16.3 Å². The summed E-state index contributed by atoms with van der Waals surface area (Å²) in [4.78, 5) is 0. The Balaban J connectivity index is 2.14. The van der Waals surface area contributed by atoms with E-state index in [0.717, 1.165) is 10.8 Å². The topological polar surface area (TPSA) is 9.23 Å². The number of rotatable bonds is 2. The highest BCUT2D eigenvalue weighted by molar-refractivity contribution is 6.30. The molecule has 2 aromatic carbocycles. The maximum Gasteiger partial charge on any atom is 0.108 e. The molecular weight excluding hydrogens is 244 g/mol. The predicted molar refractivity (Wildman–Crippen MR) is 74.7 cm³/mol. The Morgan fingerprint density at radius 1 is 1.06 bits per heavy atom. The highest BCUT2D eigenvalue weighted by Gasteiger charge is 2.27. The SMILES string of the molecule is COC1=Cc2ccc(Cl)cc2C1c1ccccc1. The van der Waals surface area contributed by atoms with E-state index in [1.165, 1.54) is 16.7 Å². The van der Waals surface area contributed by atoms with Crippen LogP contribution in [-0.2, 0) is 4.74 Å². The first kappa shape index (κ1) is 11.4. The van der Waals surface area contributed by atoms with Crippen LogP contribution >= 0.6 is 11.6 Å². The minimum atomic E-state index is 0.157. The quantitative estimate of drug-likeness (QED) is 0.770. The van der Waals surface area contributed by atoms with Gasteiger partial charge in [0.25, 0.3) is 0 Å². The lowest BCUT2D eigenvalue weighted by Gasteiger charge is -2.16. The Kier molecular flexibility index (Phi) is 2.85. The van der Waals surface area contributed by atoms with Crippen LogP contribution in [-0.4, -0.2) is 7.11 Å². The van der Waals surface area contributed by atoms with Gasteiger partial charge in [0.15, 0.2) is 0 Å². The van der Waals surface area contributed by atoms with E-state index in [9.17, 15) is 0 Å². The summed E-state index contributed by atoms with van der Waals surface area (Å²) in [6.45, 7) is 0. The molecule has 1 aliphatic rings. The van der Waals surface area contributed by atoms with E-state index in [0.29, 0.717) is 0 Å². The maximum absolute atomic E-state index is 6.10. The van der Waals surface area contributed by atoms with Gasteiger partial charge in [0, 0.05) is 5.02 Å². The Labute approximate surface area is 112 Å². The van der Waals surface area contributed by atoms with Gasteiger partial charge < -0.3 is 4.74 Å². The summed E-state index contributed by atoms with van der Waals surface area (Å²) < 4.78 is 5.52. The Bertz CT molecular complexity index is 602. The molecule has 0 N–H and O–H groups in total. The molecule has 0 aromatic heterocycles. The van der Waals surface area contributed by atoms with Gasteiger partial charge in [-0.2, -0.15) is 0 Å². The van der Waals surface area contributed by atoms with Crippen LogP contribution in [0.2, 0.25) is 5.02 Å². The molecule has 2 aromatic rings. The van der Waals surface area contributed by atoms with E-state index in [1.54, 1.807) is 7.11 Å². The summed E-state index contributed by atoms with van der Waals surface area (Å²) in [5, 5.41) is 0.764. The zero-order valence-electron chi connectivity index (χ0n) is 10.1. The molecule has 0 heterocycles. The van der Waals surface area contributed by atoms with Crippen molar-refractivity contribution in [1.82, 2.24) is 0 Å². The van der Waals surface area contributed by atoms with E-state index >= 15 is 0 Å². The lowest BCUT2D eigenvalue weighted by molar-refractivity contribution is 0.279. The van der Waals surface area contributed by atoms with E-state index in [1.807, 2.05) is 36.4 Å². The molecule has 1 nitrogen and oxygen atoms in total. The van der Waals surface area contributed by atoms with Gasteiger partial charge in [0.05, 0.1) is 13.0 Å². The van der Waals surface area contributed by atoms with Gasteiger partial charge in [-0.3, -0.25) is 0 Å². The first-order valence-electron chi connectivity index (χ1n) is 5.89. The van der Waals surface area contributed by atoms with Crippen molar-refractivity contribution >= 4 is 17.7 Å². The largest absolute Gasteiger partial charge is 0.500 e. The summed E-state index contributed by atoms with van der Waals surface area (Å²) >= 11 is 6.10. The predicted octanol–water partition coefficient (Wildman–Crippen LogP) is 4.47. The first-order chi connectivity index (χ1) is 8.79. The van der Waals surface area contributed by atoms with Crippen molar-refractivity contribution in [2.24, 2.45) is 0 Å². The normalized spacial score (nSPS) is 17.2. The summed E-state index contributed by atoms with van der Waals surface area (Å²) in [7, 11) is 1.72. The molecule has 0 bridgehead atoms. The second-order valence-electron chi connectivity index (χ2n) is 4.37. The number of methoxy groups -OCH3 is 1. The van der Waals surface area contributed by atoms with Gasteiger partial charge in [-0.1, -0.05) is 48.0 Å². The van der Waals surface area contributed by atoms with Crippen LogP contribution in [0.3, 0.4) is 0 Å². The van der Waals surface area contributed by atoms with Gasteiger partial charge in [0.2, 0.25) is 0 Å². The van der Waals surface area contributed by atoms with Crippen LogP contribution < -0.4 is 0 Å². The molecule has 3 rings (SSSR count). The van der Waals surface area contributed by atoms with Gasteiger partial charge in [-0.15, -0.1) is 0 Å². The highest BCUT2D eigenvalue weighted by Crippen LogP contribution is 2.41. The third-order valence-electron chi connectivity index (χ3n) is 3.31. The third kappa shape index (κ3) is 1.81. The molecule has 1 aliphatic carbocycles. The lowest BCUT2D eigenvalue weighted by atomic mass is 9.92. The fourth-order valence-corrected chi connectivity index (χ4v) is 2.66. The van der Waals surface area contributed by atoms with Gasteiger partial charge >= 0.3 is 0 Å². The molecular formula is C16H13ClO. The van der Waals surface area contributed by atoms with Crippen molar-refractivity contribution in [2.45, 2.75) is 5.92 Å². The Hall–Kier alpha value is -1.73. The molecule has 0 saturated heterocycles. The maximum atomic E-state index is 6.10. The zero-order chi connectivity index (χ0) is 12.5. The summed E-state index contributed by atoms with van der Waals surface area (Å²) in [5.74, 6) is 1.13. The fraction of sp³-hybridized carbons (Fsp3) is 0.125. The average molecular weight is 257 g/mol. The third-order valence-corrected chi connectivity index (χ3v) is 3.55. The van der Waals surface area contributed by atoms with Crippen LogP contribution in [0, 0.1) is 0 Å². The highest BCUT2D eigenvalue weighted by atomic mass is 35.5. The number of halogens is 1. The van der Waals surface area contributed by atoms with E-state index in [2.05, 4.69) is 18.2 Å². The van der Waals surface area contributed by atoms with Crippen LogP contribution in [0.1, 0.15) is 22.6 Å². The molecule has 1 unspecified atom stereocenters. The molecule has 0 spiro atoms. The molecule has 0 radical (unpaired) electrons. The van der Waals surface area contributed by atoms with Gasteiger partial charge in [-0.05, 0) is 34.9 Å². The standard InChI is InChI=1S/C16H13ClO/c1-18-15-9-12-7-8-13(17)10-14(12)16(15)11-5-3-2-4-6-11/h2-10,16H,1H3. The average Bonchev–Trinajstić information content (AvgIpc) is 2.77. The van der Waals surface area contributed by atoms with E-state index < -0.39 is 0 Å². The molecule has 1 atom stereocenters. The second kappa shape index (κ2) is 4.51. The fourth-order valence-electron chi connectivity index (χ4n) is 2.48. The van der Waals surface area contributed by atoms with Crippen molar-refractivity contribution in [3.05, 3.63) is 76.0 Å². The monoisotopic (exact) mass is 256 g/mol. The molecule has 18 heavy (non-hydrogen) atoms. The molecule has 2 heteroatoms. The summed E-state index contributed by atoms with van der Waals surface area (Å²) in [6, 6.07) is 16.3. The molecule has 0 saturated carbocycles. The number of fused-ring (bicyclic) bond motifs is 1. The van der Waals surface area contributed by atoms with Crippen LogP contribution in [0.5, 0.6) is 0 Å². The van der Waals surface area contributed by atoms with Crippen molar-refractivity contribution in [2.75, 3.05) is 7.11 Å². The first-order valence-corrected chi connectivity index (χ1v) is 6.27. The van der Waals surface area contributed by atoms with Crippen LogP contribution in [0.25, 0.3) is 6.08 Å². The molecule has 0 amide bonds. The smallest absolute Gasteiger partial charge is 0.108 e. The number of hydrogen-bond donors (Lipinski definition) is 0. The number of ether oxygens (including phenoxy) is 1. The summed E-state index contributed by atoms with van der Waals surface area (Å²) in [5.41, 5.74) is 3.63. The minimum Gasteiger partial charge on any atom is -0.500 e. The van der Waals surface area contributed by atoms with Crippen LogP contribution in [0.4, 0.5) is 0 Å². The molecule has 0 aliphatic heterocycles. The molecule has 90 valence electrons. The zero-order valence-corrected chi connectivity index (χ0v) is 10.8. The van der Waals surface area contributed by atoms with Crippen LogP contribution in [0.15, 0.2) is 54.3 Å². The van der Waals surface area contributed by atoms with Gasteiger partial charge in [-0.25, -0.2) is 0 Å². The van der Waals surface area contributed by atoms with Crippen molar-refractivity contribution in [1.29, 1.82) is 0 Å². The lowest BCUT2D eigenvalue weighted by Crippen LogP contribution is -2.02. The van der Waals surface area contributed by atoms with E-state index in [-0.39, 0.29) is 5.92 Å². The Morgan fingerprint density at radius 3 is 2.56 bits per heavy atom. The number of hydrogen-bond acceptors (Lipinski definition) is 1.